The molecule has 1 aliphatic carbocycles. The van der Waals surface area contributed by atoms with Gasteiger partial charge in [-0.3, -0.25) is 9.59 Å². The average molecular weight is 306 g/mol. The van der Waals surface area contributed by atoms with E-state index in [-0.39, 0.29) is 18.1 Å². The van der Waals surface area contributed by atoms with Crippen molar-refractivity contribution in [3.8, 4) is 10.8 Å². The quantitative estimate of drug-likeness (QED) is 0.884. The van der Waals surface area contributed by atoms with E-state index >= 15 is 0 Å². The predicted molar refractivity (Wildman–Crippen MR) is 76.2 cm³/mol. The van der Waals surface area contributed by atoms with Crippen molar-refractivity contribution in [2.45, 2.75) is 19.8 Å². The Morgan fingerprint density at radius 2 is 2.24 bits per heavy atom. The number of furan rings is 1. The Morgan fingerprint density at radius 1 is 1.48 bits per heavy atom. The van der Waals surface area contributed by atoms with Gasteiger partial charge < -0.3 is 14.8 Å². The molecule has 2 heterocycles. The Kier molecular flexibility index (Phi) is 3.29. The maximum Gasteiger partial charge on any atom is 0.311 e. The van der Waals surface area contributed by atoms with Crippen molar-refractivity contribution in [3.63, 3.8) is 0 Å². The van der Waals surface area contributed by atoms with Crippen LogP contribution in [0.1, 0.15) is 29.1 Å². The molecule has 7 heteroatoms. The van der Waals surface area contributed by atoms with Gasteiger partial charge in [0, 0.05) is 11.9 Å². The van der Waals surface area contributed by atoms with Crippen molar-refractivity contribution in [3.05, 3.63) is 29.0 Å². The van der Waals surface area contributed by atoms with Gasteiger partial charge in [0.1, 0.15) is 11.5 Å². The molecule has 3 rings (SSSR count). The number of amides is 1. The van der Waals surface area contributed by atoms with E-state index in [0.29, 0.717) is 23.6 Å². The van der Waals surface area contributed by atoms with Crippen molar-refractivity contribution in [2.24, 2.45) is 5.41 Å². The highest BCUT2D eigenvalue weighted by molar-refractivity contribution is 7.13. The molecule has 0 unspecified atom stereocenters. The molecule has 0 aromatic carbocycles. The van der Waals surface area contributed by atoms with Gasteiger partial charge in [-0.2, -0.15) is 0 Å². The van der Waals surface area contributed by atoms with E-state index in [9.17, 15) is 9.59 Å². The summed E-state index contributed by atoms with van der Waals surface area (Å²) in [5.74, 6) is 0.199. The fourth-order valence-corrected chi connectivity index (χ4v) is 2.76. The predicted octanol–water partition coefficient (Wildman–Crippen LogP) is 2.31. The molecule has 6 nitrogen and oxygen atoms in total. The highest BCUT2D eigenvalue weighted by Gasteiger charge is 2.50. The van der Waals surface area contributed by atoms with Gasteiger partial charge in [-0.1, -0.05) is 0 Å². The Balaban J connectivity index is 1.66. The number of aromatic nitrogens is 1. The lowest BCUT2D eigenvalue weighted by atomic mass is 10.1. The molecule has 1 fully saturated rings. The van der Waals surface area contributed by atoms with Gasteiger partial charge in [0.05, 0.1) is 5.41 Å². The number of nitrogens with zero attached hydrogens (tertiary/aromatic N) is 1. The molecule has 0 bridgehead atoms. The number of carboxylic acid groups (broad SMARTS) is 1. The molecule has 1 amide bonds. The van der Waals surface area contributed by atoms with E-state index in [2.05, 4.69) is 10.3 Å². The number of nitrogens with one attached hydrogen (secondary N) is 1. The SMILES string of the molecule is Cc1ccc(-c2nc(C(=O)NCC3(C(=O)O)CC3)cs2)o1. The van der Waals surface area contributed by atoms with Crippen LogP contribution in [0, 0.1) is 12.3 Å². The maximum absolute atomic E-state index is 12.0. The fraction of sp³-hybridized carbons (Fsp3) is 0.357. The maximum atomic E-state index is 12.0. The van der Waals surface area contributed by atoms with Gasteiger partial charge in [-0.05, 0) is 31.9 Å². The van der Waals surface area contributed by atoms with Gasteiger partial charge in [-0.25, -0.2) is 4.98 Å². The number of hydrogen-bond acceptors (Lipinski definition) is 5. The number of aryl methyl sites for hydroxylation is 1. The summed E-state index contributed by atoms with van der Waals surface area (Å²) < 4.78 is 5.46. The highest BCUT2D eigenvalue weighted by Crippen LogP contribution is 2.45. The Bertz CT molecular complexity index is 699. The molecule has 2 aromatic heterocycles. The summed E-state index contributed by atoms with van der Waals surface area (Å²) in [6, 6.07) is 3.64. The van der Waals surface area contributed by atoms with Crippen LogP contribution >= 0.6 is 11.3 Å². The minimum Gasteiger partial charge on any atom is -0.481 e. The topological polar surface area (TPSA) is 92.4 Å². The van der Waals surface area contributed by atoms with Gasteiger partial charge in [0.25, 0.3) is 5.91 Å². The zero-order valence-corrected chi connectivity index (χ0v) is 12.2. The number of aliphatic carboxylic acids is 1. The summed E-state index contributed by atoms with van der Waals surface area (Å²) in [6.07, 6.45) is 1.22. The Morgan fingerprint density at radius 3 is 2.81 bits per heavy atom. The third-order valence-corrected chi connectivity index (χ3v) is 4.44. The van der Waals surface area contributed by atoms with Crippen LogP contribution < -0.4 is 5.32 Å². The van der Waals surface area contributed by atoms with E-state index in [4.69, 9.17) is 9.52 Å². The van der Waals surface area contributed by atoms with Crippen LogP contribution in [0.5, 0.6) is 0 Å². The van der Waals surface area contributed by atoms with Gasteiger partial charge >= 0.3 is 5.97 Å². The van der Waals surface area contributed by atoms with Gasteiger partial charge in [-0.15, -0.1) is 11.3 Å². The lowest BCUT2D eigenvalue weighted by Crippen LogP contribution is -2.34. The van der Waals surface area contributed by atoms with Crippen LogP contribution in [-0.4, -0.2) is 28.5 Å². The molecule has 0 radical (unpaired) electrons. The van der Waals surface area contributed by atoms with Crippen molar-refractivity contribution >= 4 is 23.2 Å². The summed E-state index contributed by atoms with van der Waals surface area (Å²) in [7, 11) is 0. The second kappa shape index (κ2) is 5.00. The van der Waals surface area contributed by atoms with E-state index in [0.717, 1.165) is 5.76 Å². The fourth-order valence-electron chi connectivity index (χ4n) is 2.00. The normalized spacial score (nSPS) is 15.7. The first kappa shape index (κ1) is 13.8. The molecular weight excluding hydrogens is 292 g/mol. The average Bonchev–Trinajstić information content (AvgIpc) is 2.88. The zero-order chi connectivity index (χ0) is 15.0. The monoisotopic (exact) mass is 306 g/mol. The van der Waals surface area contributed by atoms with Crippen LogP contribution in [-0.2, 0) is 4.79 Å². The first-order valence-corrected chi connectivity index (χ1v) is 7.42. The molecule has 0 atom stereocenters. The Hall–Kier alpha value is -2.15. The van der Waals surface area contributed by atoms with Crippen LogP contribution in [0.3, 0.4) is 0 Å². The number of thiazole rings is 1. The van der Waals surface area contributed by atoms with E-state index in [1.54, 1.807) is 11.4 Å². The van der Waals surface area contributed by atoms with Crippen molar-refractivity contribution in [1.82, 2.24) is 10.3 Å². The van der Waals surface area contributed by atoms with E-state index < -0.39 is 11.4 Å². The lowest BCUT2D eigenvalue weighted by molar-refractivity contribution is -0.143. The minimum atomic E-state index is -0.854. The van der Waals surface area contributed by atoms with Crippen molar-refractivity contribution in [1.29, 1.82) is 0 Å². The molecule has 2 aromatic rings. The Labute approximate surface area is 124 Å². The third-order valence-electron chi connectivity index (χ3n) is 3.58. The first-order chi connectivity index (χ1) is 10.00. The number of hydrogen-bond donors (Lipinski definition) is 2. The number of rotatable bonds is 5. The van der Waals surface area contributed by atoms with Crippen molar-refractivity contribution < 1.29 is 19.1 Å². The molecular formula is C14H14N2O4S. The largest absolute Gasteiger partial charge is 0.481 e. The molecule has 0 saturated heterocycles. The summed E-state index contributed by atoms with van der Waals surface area (Å²) in [5.41, 5.74) is -0.489. The van der Waals surface area contributed by atoms with Gasteiger partial charge in [0.15, 0.2) is 10.8 Å². The summed E-state index contributed by atoms with van der Waals surface area (Å²) in [4.78, 5) is 27.3. The molecule has 1 aliphatic rings. The number of carboxylic acids is 1. The smallest absolute Gasteiger partial charge is 0.311 e. The molecule has 110 valence electrons. The lowest BCUT2D eigenvalue weighted by Gasteiger charge is -2.09. The summed E-state index contributed by atoms with van der Waals surface area (Å²) in [6.45, 7) is 1.99. The number of carbonyl (C=O) groups excluding carboxylic acids is 1. The van der Waals surface area contributed by atoms with Crippen LogP contribution in [0.4, 0.5) is 0 Å². The van der Waals surface area contributed by atoms with E-state index in [1.165, 1.54) is 11.3 Å². The van der Waals surface area contributed by atoms with Crippen LogP contribution in [0.25, 0.3) is 10.8 Å². The standard InChI is InChI=1S/C14H14N2O4S/c1-8-2-3-10(20-8)12-16-9(6-21-12)11(17)15-7-14(4-5-14)13(18)19/h2-3,6H,4-5,7H2,1H3,(H,15,17)(H,18,19). The summed E-state index contributed by atoms with van der Waals surface area (Å²) >= 11 is 1.32. The molecule has 1 saturated carbocycles. The zero-order valence-electron chi connectivity index (χ0n) is 11.4. The molecule has 0 spiro atoms. The third kappa shape index (κ3) is 2.69. The van der Waals surface area contributed by atoms with E-state index in [1.807, 2.05) is 13.0 Å². The number of carbonyl (C=O) groups is 2. The van der Waals surface area contributed by atoms with Crippen LogP contribution in [0.2, 0.25) is 0 Å². The van der Waals surface area contributed by atoms with Crippen LogP contribution in [0.15, 0.2) is 21.9 Å². The van der Waals surface area contributed by atoms with Gasteiger partial charge in [0.2, 0.25) is 0 Å². The molecule has 21 heavy (non-hydrogen) atoms. The molecule has 2 N–H and O–H groups in total. The second-order valence-electron chi connectivity index (χ2n) is 5.22. The van der Waals surface area contributed by atoms with Crippen molar-refractivity contribution in [2.75, 3.05) is 6.54 Å². The first-order valence-electron chi connectivity index (χ1n) is 6.54. The minimum absolute atomic E-state index is 0.147. The highest BCUT2D eigenvalue weighted by atomic mass is 32.1. The second-order valence-corrected chi connectivity index (χ2v) is 6.07. The summed E-state index contributed by atoms with van der Waals surface area (Å²) in [5, 5.41) is 14.0. The molecule has 0 aliphatic heterocycles.